The van der Waals surface area contributed by atoms with Crippen LogP contribution in [0.15, 0.2) is 24.5 Å². The van der Waals surface area contributed by atoms with Crippen LogP contribution in [0.4, 0.5) is 0 Å². The third kappa shape index (κ3) is 1.98. The lowest BCUT2D eigenvalue weighted by Gasteiger charge is -2.04. The molecule has 0 radical (unpaired) electrons. The molecule has 0 aliphatic rings. The number of aromatic nitrogens is 3. The summed E-state index contributed by atoms with van der Waals surface area (Å²) in [5.41, 5.74) is 1.71. The molecule has 0 unspecified atom stereocenters. The van der Waals surface area contributed by atoms with Gasteiger partial charge in [-0.25, -0.2) is 9.67 Å². The van der Waals surface area contributed by atoms with E-state index in [-0.39, 0.29) is 0 Å². The van der Waals surface area contributed by atoms with Gasteiger partial charge in [-0.3, -0.25) is 0 Å². The molecule has 0 aliphatic heterocycles. The van der Waals surface area contributed by atoms with Gasteiger partial charge in [-0.2, -0.15) is 5.10 Å². The van der Waals surface area contributed by atoms with E-state index in [9.17, 15) is 0 Å². The molecular weight excluding hydrogens is 233 g/mol. The molecular formula is C10H9Cl2N3. The van der Waals surface area contributed by atoms with Crippen LogP contribution in [0, 0.1) is 6.92 Å². The van der Waals surface area contributed by atoms with Gasteiger partial charge in [0.05, 0.1) is 22.8 Å². The number of alkyl halides is 1. The Morgan fingerprint density at radius 1 is 1.47 bits per heavy atom. The van der Waals surface area contributed by atoms with Crippen molar-refractivity contribution in [1.82, 2.24) is 14.8 Å². The molecule has 15 heavy (non-hydrogen) atoms. The first kappa shape index (κ1) is 10.5. The average molecular weight is 242 g/mol. The number of nitrogens with zero attached hydrogens (tertiary/aromatic N) is 3. The van der Waals surface area contributed by atoms with Crippen LogP contribution in [0.3, 0.4) is 0 Å². The largest absolute Gasteiger partial charge is 0.237 e. The monoisotopic (exact) mass is 241 g/mol. The predicted molar refractivity (Wildman–Crippen MR) is 60.7 cm³/mol. The van der Waals surface area contributed by atoms with Gasteiger partial charge >= 0.3 is 0 Å². The van der Waals surface area contributed by atoms with Crippen LogP contribution < -0.4 is 0 Å². The molecule has 0 spiro atoms. The summed E-state index contributed by atoms with van der Waals surface area (Å²) in [7, 11) is 0. The van der Waals surface area contributed by atoms with Crippen LogP contribution in [-0.2, 0) is 5.88 Å². The number of aryl methyl sites for hydroxylation is 1. The Balaban J connectivity index is 2.53. The highest BCUT2D eigenvalue weighted by Gasteiger charge is 2.08. The summed E-state index contributed by atoms with van der Waals surface area (Å²) in [6, 6.07) is 3.76. The highest BCUT2D eigenvalue weighted by atomic mass is 35.5. The molecule has 2 heterocycles. The second kappa shape index (κ2) is 4.21. The van der Waals surface area contributed by atoms with Crippen molar-refractivity contribution in [2.45, 2.75) is 12.8 Å². The van der Waals surface area contributed by atoms with Crippen molar-refractivity contribution < 1.29 is 0 Å². The zero-order chi connectivity index (χ0) is 10.8. The number of halogens is 2. The lowest BCUT2D eigenvalue weighted by atomic mass is 10.3. The number of rotatable bonds is 2. The van der Waals surface area contributed by atoms with Gasteiger partial charge in [0, 0.05) is 11.8 Å². The molecule has 2 aromatic heterocycles. The Bertz CT molecular complexity index is 460. The minimum Gasteiger partial charge on any atom is -0.237 e. The molecule has 0 N–H and O–H groups in total. The van der Waals surface area contributed by atoms with Crippen molar-refractivity contribution in [3.05, 3.63) is 40.8 Å². The summed E-state index contributed by atoms with van der Waals surface area (Å²) in [5.74, 6) is 1.13. The fourth-order valence-electron chi connectivity index (χ4n) is 1.29. The van der Waals surface area contributed by atoms with Crippen molar-refractivity contribution in [2.75, 3.05) is 0 Å². The molecule has 5 heteroatoms. The summed E-state index contributed by atoms with van der Waals surface area (Å²) in [4.78, 5) is 4.23. The molecule has 0 amide bonds. The van der Waals surface area contributed by atoms with E-state index < -0.39 is 0 Å². The number of hydrogen-bond acceptors (Lipinski definition) is 2. The average Bonchev–Trinajstić information content (AvgIpc) is 2.59. The van der Waals surface area contributed by atoms with Crippen LogP contribution >= 0.6 is 23.2 Å². The smallest absolute Gasteiger partial charge is 0.157 e. The van der Waals surface area contributed by atoms with Crippen molar-refractivity contribution >= 4 is 23.2 Å². The van der Waals surface area contributed by atoms with E-state index in [0.29, 0.717) is 10.9 Å². The summed E-state index contributed by atoms with van der Waals surface area (Å²) in [6.45, 7) is 1.85. The van der Waals surface area contributed by atoms with Crippen molar-refractivity contribution in [3.63, 3.8) is 0 Å². The molecule has 3 nitrogen and oxygen atoms in total. The lowest BCUT2D eigenvalue weighted by Crippen LogP contribution is -2.01. The molecule has 2 rings (SSSR count). The fourth-order valence-corrected chi connectivity index (χ4v) is 1.63. The minimum atomic E-state index is 0.402. The third-order valence-electron chi connectivity index (χ3n) is 2.07. The van der Waals surface area contributed by atoms with Gasteiger partial charge in [0.15, 0.2) is 5.82 Å². The van der Waals surface area contributed by atoms with E-state index in [2.05, 4.69) is 10.1 Å². The third-order valence-corrected chi connectivity index (χ3v) is 2.73. The molecule has 0 bridgehead atoms. The normalized spacial score (nSPS) is 10.6. The topological polar surface area (TPSA) is 30.7 Å². The highest BCUT2D eigenvalue weighted by molar-refractivity contribution is 6.31. The molecule has 0 saturated carbocycles. The predicted octanol–water partition coefficient (Wildman–Crippen LogP) is 2.97. The number of hydrogen-bond donors (Lipinski definition) is 0. The van der Waals surface area contributed by atoms with Crippen molar-refractivity contribution in [2.24, 2.45) is 0 Å². The van der Waals surface area contributed by atoms with Crippen LogP contribution in [0.25, 0.3) is 5.82 Å². The quantitative estimate of drug-likeness (QED) is 0.758. The molecule has 0 saturated heterocycles. The van der Waals surface area contributed by atoms with Gasteiger partial charge in [0.25, 0.3) is 0 Å². The maximum atomic E-state index is 5.93. The Labute approximate surface area is 97.7 Å². The summed E-state index contributed by atoms with van der Waals surface area (Å²) >= 11 is 11.7. The van der Waals surface area contributed by atoms with Crippen LogP contribution in [0.1, 0.15) is 11.3 Å². The molecule has 0 fully saturated rings. The van der Waals surface area contributed by atoms with Gasteiger partial charge in [-0.1, -0.05) is 17.7 Å². The first-order valence-electron chi connectivity index (χ1n) is 4.44. The summed E-state index contributed by atoms with van der Waals surface area (Å²) < 4.78 is 1.65. The van der Waals surface area contributed by atoms with Crippen molar-refractivity contribution in [3.8, 4) is 5.82 Å². The molecule has 0 aromatic carbocycles. The maximum absolute atomic E-state index is 5.93. The van der Waals surface area contributed by atoms with Gasteiger partial charge < -0.3 is 0 Å². The van der Waals surface area contributed by atoms with E-state index in [1.165, 1.54) is 0 Å². The second-order valence-corrected chi connectivity index (χ2v) is 3.80. The van der Waals surface area contributed by atoms with Gasteiger partial charge in [0.1, 0.15) is 0 Å². The van der Waals surface area contributed by atoms with Crippen LogP contribution in [-0.4, -0.2) is 14.8 Å². The van der Waals surface area contributed by atoms with E-state index in [1.807, 2.05) is 19.1 Å². The van der Waals surface area contributed by atoms with E-state index in [1.54, 1.807) is 17.1 Å². The van der Waals surface area contributed by atoms with Crippen molar-refractivity contribution in [1.29, 1.82) is 0 Å². The fraction of sp³-hybridized carbons (Fsp3) is 0.200. The van der Waals surface area contributed by atoms with Crippen LogP contribution in [0.2, 0.25) is 5.02 Å². The van der Waals surface area contributed by atoms with E-state index in [0.717, 1.165) is 17.1 Å². The zero-order valence-electron chi connectivity index (χ0n) is 8.11. The Hall–Kier alpha value is -1.06. The molecule has 2 aromatic rings. The lowest BCUT2D eigenvalue weighted by molar-refractivity contribution is 0.822. The second-order valence-electron chi connectivity index (χ2n) is 3.13. The maximum Gasteiger partial charge on any atom is 0.157 e. The van der Waals surface area contributed by atoms with E-state index in [4.69, 9.17) is 23.2 Å². The summed E-state index contributed by atoms with van der Waals surface area (Å²) in [6.07, 6.45) is 3.44. The Kier molecular flexibility index (Phi) is 2.93. The highest BCUT2D eigenvalue weighted by Crippen LogP contribution is 2.18. The van der Waals surface area contributed by atoms with Gasteiger partial charge in [0.2, 0.25) is 0 Å². The standard InChI is InChI=1S/C10H9Cl2N3/c1-7-9(12)6-15(14-7)10-8(5-11)3-2-4-13-10/h2-4,6H,5H2,1H3. The first-order chi connectivity index (χ1) is 7.22. The van der Waals surface area contributed by atoms with Crippen LogP contribution in [0.5, 0.6) is 0 Å². The first-order valence-corrected chi connectivity index (χ1v) is 5.35. The Morgan fingerprint density at radius 2 is 2.27 bits per heavy atom. The van der Waals surface area contributed by atoms with Gasteiger partial charge in [-0.15, -0.1) is 11.6 Å². The number of pyridine rings is 1. The zero-order valence-corrected chi connectivity index (χ0v) is 9.63. The SMILES string of the molecule is Cc1nn(-c2ncccc2CCl)cc1Cl. The van der Waals surface area contributed by atoms with E-state index >= 15 is 0 Å². The van der Waals surface area contributed by atoms with Gasteiger partial charge in [-0.05, 0) is 13.0 Å². The minimum absolute atomic E-state index is 0.402. The molecule has 0 atom stereocenters. The molecule has 0 aliphatic carbocycles. The molecule has 78 valence electrons. The summed E-state index contributed by atoms with van der Waals surface area (Å²) in [5, 5.41) is 4.88. The Morgan fingerprint density at radius 3 is 2.87 bits per heavy atom.